The maximum absolute atomic E-state index is 10.9. The fourth-order valence-electron chi connectivity index (χ4n) is 3.82. The van der Waals surface area contributed by atoms with Crippen molar-refractivity contribution < 1.29 is 9.90 Å². The molecule has 5 heteroatoms. The summed E-state index contributed by atoms with van der Waals surface area (Å²) in [5.41, 5.74) is 1.15. The third-order valence-electron chi connectivity index (χ3n) is 4.84. The molecule has 0 spiro atoms. The van der Waals surface area contributed by atoms with Crippen molar-refractivity contribution >= 4 is 17.3 Å². The molecule has 20 heavy (non-hydrogen) atoms. The highest BCUT2D eigenvalue weighted by Crippen LogP contribution is 2.41. The topological polar surface area (TPSA) is 53.4 Å². The van der Waals surface area contributed by atoms with Crippen LogP contribution < -0.4 is 0 Å². The first kappa shape index (κ1) is 14.0. The van der Waals surface area contributed by atoms with Gasteiger partial charge in [0, 0.05) is 23.4 Å². The molecule has 3 rings (SSSR count). The molecule has 2 saturated heterocycles. The number of hydrogen-bond acceptors (Lipinski definition) is 4. The van der Waals surface area contributed by atoms with E-state index >= 15 is 0 Å². The third kappa shape index (κ3) is 2.74. The quantitative estimate of drug-likeness (QED) is 0.927. The number of fused-ring (bicyclic) bond motifs is 2. The molecule has 2 aliphatic heterocycles. The summed E-state index contributed by atoms with van der Waals surface area (Å²) in [6, 6.07) is 1.14. The van der Waals surface area contributed by atoms with Crippen LogP contribution in [-0.2, 0) is 11.3 Å². The first-order chi connectivity index (χ1) is 9.52. The van der Waals surface area contributed by atoms with E-state index in [0.29, 0.717) is 24.4 Å². The van der Waals surface area contributed by atoms with E-state index in [0.717, 1.165) is 25.1 Å². The van der Waals surface area contributed by atoms with Crippen molar-refractivity contribution in [2.45, 2.75) is 64.6 Å². The van der Waals surface area contributed by atoms with Gasteiger partial charge in [0.15, 0.2) is 0 Å². The molecular weight excluding hydrogens is 272 g/mol. The first-order valence-corrected chi connectivity index (χ1v) is 8.25. The van der Waals surface area contributed by atoms with Gasteiger partial charge in [0.1, 0.15) is 5.01 Å². The molecule has 110 valence electrons. The predicted molar refractivity (Wildman–Crippen MR) is 78.9 cm³/mol. The third-order valence-corrected chi connectivity index (χ3v) is 5.89. The summed E-state index contributed by atoms with van der Waals surface area (Å²) in [6.07, 6.45) is 4.89. The average molecular weight is 294 g/mol. The van der Waals surface area contributed by atoms with Gasteiger partial charge in [0.05, 0.1) is 12.2 Å². The molecule has 3 heterocycles. The Labute approximate surface area is 123 Å². The number of carboxylic acids is 1. The Kier molecular flexibility index (Phi) is 3.82. The Hall–Kier alpha value is -0.940. The number of hydrogen-bond donors (Lipinski definition) is 1. The van der Waals surface area contributed by atoms with Crippen LogP contribution in [-0.4, -0.2) is 33.0 Å². The minimum absolute atomic E-state index is 0.344. The van der Waals surface area contributed by atoms with Crippen molar-refractivity contribution in [3.05, 3.63) is 15.6 Å². The van der Waals surface area contributed by atoms with E-state index in [1.165, 1.54) is 22.7 Å². The lowest BCUT2D eigenvalue weighted by molar-refractivity contribution is -0.138. The predicted octanol–water partition coefficient (Wildman–Crippen LogP) is 2.98. The van der Waals surface area contributed by atoms with Crippen LogP contribution in [0.15, 0.2) is 0 Å². The molecule has 1 aromatic rings. The van der Waals surface area contributed by atoms with Gasteiger partial charge in [-0.1, -0.05) is 0 Å². The van der Waals surface area contributed by atoms with Crippen LogP contribution in [0.2, 0.25) is 0 Å². The second-order valence-electron chi connectivity index (χ2n) is 6.24. The number of piperidine rings is 1. The van der Waals surface area contributed by atoms with Crippen molar-refractivity contribution in [3.8, 4) is 0 Å². The molecule has 2 aliphatic rings. The molecule has 2 bridgehead atoms. The lowest BCUT2D eigenvalue weighted by Gasteiger charge is -2.38. The Morgan fingerprint density at radius 1 is 1.35 bits per heavy atom. The molecule has 1 aromatic heterocycles. The standard InChI is InChI=1S/C15H22N2O2S/c1-9-10(2)20-14(16-9)8-17-12-3-4-13(17)6-11(5-12)7-15(18)19/h11-13H,3-8H2,1-2H3,(H,18,19). The number of carboxylic acid groups (broad SMARTS) is 1. The van der Waals surface area contributed by atoms with Crippen molar-refractivity contribution in [1.82, 2.24) is 9.88 Å². The number of nitrogens with zero attached hydrogens (tertiary/aromatic N) is 2. The highest BCUT2D eigenvalue weighted by Gasteiger charge is 2.41. The summed E-state index contributed by atoms with van der Waals surface area (Å²) in [5, 5.41) is 10.2. The Bertz CT molecular complexity index is 480. The smallest absolute Gasteiger partial charge is 0.303 e. The minimum atomic E-state index is -0.644. The molecule has 2 atom stereocenters. The monoisotopic (exact) mass is 294 g/mol. The molecule has 0 aromatic carbocycles. The molecule has 2 fully saturated rings. The molecule has 4 nitrogen and oxygen atoms in total. The van der Waals surface area contributed by atoms with Gasteiger partial charge in [0.25, 0.3) is 0 Å². The normalized spacial score (nSPS) is 29.8. The van der Waals surface area contributed by atoms with Crippen LogP contribution in [0.3, 0.4) is 0 Å². The van der Waals surface area contributed by atoms with Gasteiger partial charge in [-0.3, -0.25) is 9.69 Å². The number of thiazole rings is 1. The summed E-state index contributed by atoms with van der Waals surface area (Å²) in [4.78, 5) is 19.4. The summed E-state index contributed by atoms with van der Waals surface area (Å²) < 4.78 is 0. The number of rotatable bonds is 4. The SMILES string of the molecule is Cc1nc(CN2C3CCC2CC(CC(=O)O)C3)sc1C. The molecule has 0 saturated carbocycles. The average Bonchev–Trinajstić information content (AvgIpc) is 2.79. The maximum Gasteiger partial charge on any atom is 0.303 e. The van der Waals surface area contributed by atoms with E-state index in [1.54, 1.807) is 11.3 Å². The van der Waals surface area contributed by atoms with Gasteiger partial charge in [-0.15, -0.1) is 11.3 Å². The molecule has 0 amide bonds. The Morgan fingerprint density at radius 3 is 2.50 bits per heavy atom. The first-order valence-electron chi connectivity index (χ1n) is 7.43. The number of aryl methyl sites for hydroxylation is 2. The highest BCUT2D eigenvalue weighted by atomic mass is 32.1. The highest BCUT2D eigenvalue weighted by molar-refractivity contribution is 7.11. The largest absolute Gasteiger partial charge is 0.481 e. The number of carbonyl (C=O) groups is 1. The summed E-state index contributed by atoms with van der Waals surface area (Å²) >= 11 is 1.80. The van der Waals surface area contributed by atoms with Crippen molar-refractivity contribution in [3.63, 3.8) is 0 Å². The van der Waals surface area contributed by atoms with Crippen LogP contribution in [0.1, 0.15) is 47.7 Å². The molecule has 2 unspecified atom stereocenters. The van der Waals surface area contributed by atoms with E-state index < -0.39 is 5.97 Å². The van der Waals surface area contributed by atoms with Crippen LogP contribution in [0.5, 0.6) is 0 Å². The van der Waals surface area contributed by atoms with E-state index in [9.17, 15) is 4.79 Å². The zero-order chi connectivity index (χ0) is 14.3. The lowest BCUT2D eigenvalue weighted by atomic mass is 9.88. The maximum atomic E-state index is 10.9. The number of aromatic nitrogens is 1. The van der Waals surface area contributed by atoms with Crippen LogP contribution in [0.4, 0.5) is 0 Å². The molecular formula is C15H22N2O2S. The Balaban J connectivity index is 1.66. The molecule has 0 aliphatic carbocycles. The van der Waals surface area contributed by atoms with Gasteiger partial charge < -0.3 is 5.11 Å². The fraction of sp³-hybridized carbons (Fsp3) is 0.733. The van der Waals surface area contributed by atoms with Crippen molar-refractivity contribution in [1.29, 1.82) is 0 Å². The van der Waals surface area contributed by atoms with E-state index in [1.807, 2.05) is 0 Å². The van der Waals surface area contributed by atoms with Gasteiger partial charge in [-0.2, -0.15) is 0 Å². The zero-order valence-electron chi connectivity index (χ0n) is 12.1. The minimum Gasteiger partial charge on any atom is -0.481 e. The lowest BCUT2D eigenvalue weighted by Crippen LogP contribution is -2.42. The summed E-state index contributed by atoms with van der Waals surface area (Å²) in [6.45, 7) is 5.15. The van der Waals surface area contributed by atoms with Crippen LogP contribution in [0.25, 0.3) is 0 Å². The van der Waals surface area contributed by atoms with Crippen LogP contribution in [0, 0.1) is 19.8 Å². The van der Waals surface area contributed by atoms with Gasteiger partial charge in [-0.05, 0) is 45.4 Å². The summed E-state index contributed by atoms with van der Waals surface area (Å²) in [7, 11) is 0. The van der Waals surface area contributed by atoms with Gasteiger partial charge >= 0.3 is 5.97 Å². The van der Waals surface area contributed by atoms with E-state index in [2.05, 4.69) is 23.7 Å². The molecule has 0 radical (unpaired) electrons. The second-order valence-corrected chi connectivity index (χ2v) is 7.53. The van der Waals surface area contributed by atoms with Crippen molar-refractivity contribution in [2.24, 2.45) is 5.92 Å². The van der Waals surface area contributed by atoms with E-state index in [4.69, 9.17) is 5.11 Å². The van der Waals surface area contributed by atoms with Crippen molar-refractivity contribution in [2.75, 3.05) is 0 Å². The zero-order valence-corrected chi connectivity index (χ0v) is 12.9. The molecule has 1 N–H and O–H groups in total. The van der Waals surface area contributed by atoms with Gasteiger partial charge in [0.2, 0.25) is 0 Å². The van der Waals surface area contributed by atoms with E-state index in [-0.39, 0.29) is 0 Å². The number of aliphatic carboxylic acids is 1. The van der Waals surface area contributed by atoms with Crippen LogP contribution >= 0.6 is 11.3 Å². The second kappa shape index (κ2) is 5.45. The van der Waals surface area contributed by atoms with Gasteiger partial charge in [-0.25, -0.2) is 4.98 Å². The fourth-order valence-corrected chi connectivity index (χ4v) is 4.76. The summed E-state index contributed by atoms with van der Waals surface area (Å²) in [5.74, 6) is -0.268. The Morgan fingerprint density at radius 2 is 2.00 bits per heavy atom.